The molecule has 1 amide bonds. The van der Waals surface area contributed by atoms with E-state index in [4.69, 9.17) is 4.74 Å². The van der Waals surface area contributed by atoms with Gasteiger partial charge in [0.25, 0.3) is 5.69 Å². The third-order valence-electron chi connectivity index (χ3n) is 4.33. The van der Waals surface area contributed by atoms with Crippen LogP contribution in [0.1, 0.15) is 17.2 Å². The van der Waals surface area contributed by atoms with Crippen molar-refractivity contribution in [3.63, 3.8) is 0 Å². The van der Waals surface area contributed by atoms with E-state index in [-0.39, 0.29) is 35.3 Å². The number of carbonyl (C=O) groups is 1. The molecule has 9 heteroatoms. The van der Waals surface area contributed by atoms with Crippen molar-refractivity contribution >= 4 is 22.7 Å². The van der Waals surface area contributed by atoms with Gasteiger partial charge in [0.2, 0.25) is 0 Å². The molecular formula is C20H19N3O6. The van der Waals surface area contributed by atoms with Gasteiger partial charge in [0.15, 0.2) is 0 Å². The number of aliphatic hydroxyl groups is 2. The van der Waals surface area contributed by atoms with Crippen molar-refractivity contribution in [2.45, 2.75) is 18.8 Å². The maximum absolute atomic E-state index is 11.8. The average Bonchev–Trinajstić information content (AvgIpc) is 2.75. The van der Waals surface area contributed by atoms with E-state index >= 15 is 0 Å². The number of hydrogen-bond acceptors (Lipinski definition) is 7. The van der Waals surface area contributed by atoms with E-state index < -0.39 is 23.2 Å². The first-order valence-corrected chi connectivity index (χ1v) is 8.80. The van der Waals surface area contributed by atoms with E-state index in [1.807, 2.05) is 18.2 Å². The minimum atomic E-state index is -1.41. The second-order valence-electron chi connectivity index (χ2n) is 6.29. The van der Waals surface area contributed by atoms with Crippen LogP contribution >= 0.6 is 0 Å². The zero-order valence-electron chi connectivity index (χ0n) is 15.3. The Morgan fingerprint density at radius 1 is 1.14 bits per heavy atom. The normalized spacial score (nSPS) is 12.9. The van der Waals surface area contributed by atoms with Crippen molar-refractivity contribution in [2.75, 3.05) is 6.54 Å². The summed E-state index contributed by atoms with van der Waals surface area (Å²) in [6, 6.07) is 14.7. The summed E-state index contributed by atoms with van der Waals surface area (Å²) in [7, 11) is 0. The lowest BCUT2D eigenvalue weighted by Crippen LogP contribution is -2.35. The van der Waals surface area contributed by atoms with Gasteiger partial charge in [-0.25, -0.2) is 4.79 Å². The van der Waals surface area contributed by atoms with Crippen molar-refractivity contribution in [3.05, 3.63) is 82.0 Å². The quantitative estimate of drug-likeness (QED) is 0.412. The molecule has 9 nitrogen and oxygen atoms in total. The number of rotatable bonds is 7. The molecule has 2 atom stereocenters. The second-order valence-corrected chi connectivity index (χ2v) is 6.29. The van der Waals surface area contributed by atoms with Gasteiger partial charge >= 0.3 is 6.09 Å². The number of fused-ring (bicyclic) bond motifs is 1. The summed E-state index contributed by atoms with van der Waals surface area (Å²) < 4.78 is 5.05. The van der Waals surface area contributed by atoms with Crippen LogP contribution in [0.5, 0.6) is 0 Å². The van der Waals surface area contributed by atoms with Crippen molar-refractivity contribution in [3.8, 4) is 0 Å². The summed E-state index contributed by atoms with van der Waals surface area (Å²) in [5.74, 6) is 0. The Kier molecular flexibility index (Phi) is 6.32. The number of ether oxygens (including phenoxy) is 1. The molecule has 0 aliphatic rings. The molecule has 1 aromatic heterocycles. The number of nitrogens with zero attached hydrogens (tertiary/aromatic N) is 2. The molecule has 0 saturated carbocycles. The number of pyridine rings is 1. The minimum absolute atomic E-state index is 0.0717. The maximum atomic E-state index is 11.8. The SMILES string of the molecule is O=C(NCC(O)C(O)c1ccc([N+](=O)[O-])c2cccnc12)OCc1ccccc1. The standard InChI is InChI=1S/C20H19N3O6/c24-17(11-22-20(26)29-12-13-5-2-1-3-6-13)19(25)15-8-9-16(23(27)28)14-7-4-10-21-18(14)15/h1-10,17,19,24-25H,11-12H2,(H,22,26). The third kappa shape index (κ3) is 4.84. The first kappa shape index (κ1) is 20.2. The average molecular weight is 397 g/mol. The van der Waals surface area contributed by atoms with Crippen molar-refractivity contribution in [1.29, 1.82) is 0 Å². The van der Waals surface area contributed by atoms with Crippen LogP contribution < -0.4 is 5.32 Å². The molecule has 0 radical (unpaired) electrons. The molecule has 0 spiro atoms. The van der Waals surface area contributed by atoms with Crippen molar-refractivity contribution < 1.29 is 24.7 Å². The van der Waals surface area contributed by atoms with Gasteiger partial charge in [-0.15, -0.1) is 0 Å². The fourth-order valence-electron chi connectivity index (χ4n) is 2.86. The predicted octanol–water partition coefficient (Wildman–Crippen LogP) is 2.46. The van der Waals surface area contributed by atoms with Gasteiger partial charge < -0.3 is 20.3 Å². The first-order chi connectivity index (χ1) is 14.0. The molecule has 3 rings (SSSR count). The van der Waals surface area contributed by atoms with E-state index in [1.165, 1.54) is 24.4 Å². The molecule has 29 heavy (non-hydrogen) atoms. The van der Waals surface area contributed by atoms with Gasteiger partial charge in [-0.1, -0.05) is 30.3 Å². The highest BCUT2D eigenvalue weighted by Gasteiger charge is 2.24. The summed E-state index contributed by atoms with van der Waals surface area (Å²) >= 11 is 0. The molecular weight excluding hydrogens is 378 g/mol. The summed E-state index contributed by atoms with van der Waals surface area (Å²) in [5.41, 5.74) is 1.09. The molecule has 2 aromatic carbocycles. The van der Waals surface area contributed by atoms with E-state index in [9.17, 15) is 25.1 Å². The van der Waals surface area contributed by atoms with Crippen LogP contribution in [0.3, 0.4) is 0 Å². The summed E-state index contributed by atoms with van der Waals surface area (Å²) in [6.07, 6.45) is -2.09. The Bertz CT molecular complexity index is 1010. The topological polar surface area (TPSA) is 135 Å². The highest BCUT2D eigenvalue weighted by molar-refractivity contribution is 5.90. The van der Waals surface area contributed by atoms with Gasteiger partial charge in [0.1, 0.15) is 18.8 Å². The molecule has 0 aliphatic heterocycles. The fourth-order valence-corrected chi connectivity index (χ4v) is 2.86. The molecule has 0 saturated heterocycles. The van der Waals surface area contributed by atoms with Gasteiger partial charge in [0, 0.05) is 24.4 Å². The number of carbonyl (C=O) groups excluding carboxylic acids is 1. The van der Waals surface area contributed by atoms with Gasteiger partial charge in [-0.3, -0.25) is 15.1 Å². The van der Waals surface area contributed by atoms with Crippen LogP contribution in [0.4, 0.5) is 10.5 Å². The number of amides is 1. The highest BCUT2D eigenvalue weighted by atomic mass is 16.6. The Labute approximate surface area is 165 Å². The van der Waals surface area contributed by atoms with Gasteiger partial charge in [-0.05, 0) is 23.8 Å². The number of alkyl carbamates (subject to hydrolysis) is 1. The number of nitro groups is 1. The van der Waals surface area contributed by atoms with Gasteiger partial charge in [0.05, 0.1) is 15.8 Å². The zero-order valence-corrected chi connectivity index (χ0v) is 15.3. The zero-order chi connectivity index (χ0) is 20.8. The predicted molar refractivity (Wildman–Crippen MR) is 104 cm³/mol. The second kappa shape index (κ2) is 9.09. The number of benzene rings is 2. The molecule has 3 aromatic rings. The number of non-ortho nitro benzene ring substituents is 1. The van der Waals surface area contributed by atoms with Crippen LogP contribution in [0, 0.1) is 10.1 Å². The minimum Gasteiger partial charge on any atom is -0.445 e. The summed E-state index contributed by atoms with van der Waals surface area (Å²) in [5, 5.41) is 34.6. The molecule has 0 aliphatic carbocycles. The molecule has 2 unspecified atom stereocenters. The molecule has 150 valence electrons. The Hall–Kier alpha value is -3.56. The van der Waals surface area contributed by atoms with Crippen LogP contribution in [-0.4, -0.2) is 38.9 Å². The Morgan fingerprint density at radius 3 is 2.62 bits per heavy atom. The number of nitrogens with one attached hydrogen (secondary N) is 1. The number of aromatic nitrogens is 1. The van der Waals surface area contributed by atoms with E-state index in [0.717, 1.165) is 5.56 Å². The largest absolute Gasteiger partial charge is 0.445 e. The van der Waals surface area contributed by atoms with E-state index in [2.05, 4.69) is 10.3 Å². The first-order valence-electron chi connectivity index (χ1n) is 8.80. The fraction of sp³-hybridized carbons (Fsp3) is 0.200. The molecule has 3 N–H and O–H groups in total. The van der Waals surface area contributed by atoms with Crippen molar-refractivity contribution in [1.82, 2.24) is 10.3 Å². The lowest BCUT2D eigenvalue weighted by Gasteiger charge is -2.19. The maximum Gasteiger partial charge on any atom is 0.407 e. The lowest BCUT2D eigenvalue weighted by molar-refractivity contribution is -0.383. The van der Waals surface area contributed by atoms with Crippen LogP contribution in [0.25, 0.3) is 10.9 Å². The third-order valence-corrected chi connectivity index (χ3v) is 4.33. The van der Waals surface area contributed by atoms with E-state index in [0.29, 0.717) is 0 Å². The number of aliphatic hydroxyl groups excluding tert-OH is 2. The van der Waals surface area contributed by atoms with Gasteiger partial charge in [-0.2, -0.15) is 0 Å². The van der Waals surface area contributed by atoms with Crippen LogP contribution in [0.2, 0.25) is 0 Å². The van der Waals surface area contributed by atoms with Crippen LogP contribution in [0.15, 0.2) is 60.8 Å². The molecule has 1 heterocycles. The Balaban J connectivity index is 1.64. The van der Waals surface area contributed by atoms with E-state index in [1.54, 1.807) is 18.2 Å². The summed E-state index contributed by atoms with van der Waals surface area (Å²) in [6.45, 7) is -0.206. The number of hydrogen-bond donors (Lipinski definition) is 3. The molecule has 0 bridgehead atoms. The smallest absolute Gasteiger partial charge is 0.407 e. The lowest BCUT2D eigenvalue weighted by atomic mass is 10.00. The monoisotopic (exact) mass is 397 g/mol. The van der Waals surface area contributed by atoms with Crippen molar-refractivity contribution in [2.24, 2.45) is 0 Å². The summed E-state index contributed by atoms with van der Waals surface area (Å²) in [4.78, 5) is 26.5. The Morgan fingerprint density at radius 2 is 1.90 bits per heavy atom. The highest BCUT2D eigenvalue weighted by Crippen LogP contribution is 2.31. The number of nitro benzene ring substituents is 1. The molecule has 0 fully saturated rings. The van der Waals surface area contributed by atoms with Crippen LogP contribution in [-0.2, 0) is 11.3 Å².